The molecule has 1 rings (SSSR count). The number of carbonyl (C=O) groups excluding carboxylic acids is 1. The Hall–Kier alpha value is -1.65. The second kappa shape index (κ2) is 5.61. The Labute approximate surface area is 98.3 Å². The molecular weight excluding hydrogens is 230 g/mol. The van der Waals surface area contributed by atoms with Crippen LogP contribution in [-0.4, -0.2) is 18.7 Å². The van der Waals surface area contributed by atoms with Crippen molar-refractivity contribution in [2.24, 2.45) is 0 Å². The van der Waals surface area contributed by atoms with Gasteiger partial charge in [-0.1, -0.05) is 19.1 Å². The van der Waals surface area contributed by atoms with Gasteiger partial charge in [-0.05, 0) is 31.0 Å². The Balaban J connectivity index is 2.71. The first-order chi connectivity index (χ1) is 7.99. The van der Waals surface area contributed by atoms with Gasteiger partial charge in [0.2, 0.25) is 0 Å². The molecule has 0 aliphatic heterocycles. The Morgan fingerprint density at radius 2 is 1.82 bits per heavy atom. The van der Waals surface area contributed by atoms with Crippen LogP contribution in [0.25, 0.3) is 0 Å². The fourth-order valence-corrected chi connectivity index (χ4v) is 1.20. The van der Waals surface area contributed by atoms with E-state index in [1.54, 1.807) is 12.1 Å². The van der Waals surface area contributed by atoms with Gasteiger partial charge in [0.1, 0.15) is 5.75 Å². The zero-order valence-corrected chi connectivity index (χ0v) is 9.70. The van der Waals surface area contributed by atoms with E-state index >= 15 is 0 Å². The van der Waals surface area contributed by atoms with Crippen LogP contribution < -0.4 is 4.74 Å². The molecule has 0 unspecified atom stereocenters. The largest absolute Gasteiger partial charge is 0.502 e. The van der Waals surface area contributed by atoms with Crippen LogP contribution in [-0.2, 0) is 16.0 Å². The first kappa shape index (κ1) is 13.4. The zero-order chi connectivity index (χ0) is 12.9. The first-order valence-electron chi connectivity index (χ1n) is 5.32. The molecule has 0 heterocycles. The standard InChI is InChI=1S/C12H14F2O3/c1-3-9-5-7-10(8-6-9)17-12(13,14)11(15)16-4-2/h5-8H,3-4H2,1-2H3. The molecule has 0 fully saturated rings. The number of hydrogen-bond donors (Lipinski definition) is 0. The van der Waals surface area contributed by atoms with Crippen LogP contribution in [0.1, 0.15) is 19.4 Å². The lowest BCUT2D eigenvalue weighted by Gasteiger charge is -2.15. The molecule has 0 N–H and O–H groups in total. The third-order valence-electron chi connectivity index (χ3n) is 2.09. The van der Waals surface area contributed by atoms with E-state index in [-0.39, 0.29) is 12.4 Å². The highest BCUT2D eigenvalue weighted by molar-refractivity contribution is 5.76. The van der Waals surface area contributed by atoms with E-state index in [4.69, 9.17) is 0 Å². The topological polar surface area (TPSA) is 35.5 Å². The van der Waals surface area contributed by atoms with Gasteiger partial charge < -0.3 is 9.47 Å². The summed E-state index contributed by atoms with van der Waals surface area (Å²) in [7, 11) is 0. The third kappa shape index (κ3) is 3.69. The Kier molecular flexibility index (Phi) is 4.43. The Morgan fingerprint density at radius 3 is 2.29 bits per heavy atom. The van der Waals surface area contributed by atoms with Crippen molar-refractivity contribution in [1.82, 2.24) is 0 Å². The van der Waals surface area contributed by atoms with Crippen LogP contribution in [0.3, 0.4) is 0 Å². The smallest absolute Gasteiger partial charge is 0.459 e. The van der Waals surface area contributed by atoms with Crippen LogP contribution >= 0.6 is 0 Å². The van der Waals surface area contributed by atoms with Crippen LogP contribution in [0.4, 0.5) is 8.78 Å². The molecule has 0 saturated carbocycles. The lowest BCUT2D eigenvalue weighted by atomic mass is 10.2. The number of aryl methyl sites for hydroxylation is 1. The van der Waals surface area contributed by atoms with Gasteiger partial charge in [0.05, 0.1) is 6.61 Å². The Morgan fingerprint density at radius 1 is 1.24 bits per heavy atom. The summed E-state index contributed by atoms with van der Waals surface area (Å²) in [5.41, 5.74) is 0.997. The van der Waals surface area contributed by atoms with E-state index in [0.29, 0.717) is 0 Å². The van der Waals surface area contributed by atoms with E-state index in [0.717, 1.165) is 12.0 Å². The molecule has 3 nitrogen and oxygen atoms in total. The molecule has 17 heavy (non-hydrogen) atoms. The minimum Gasteiger partial charge on any atom is -0.459 e. The lowest BCUT2D eigenvalue weighted by Crippen LogP contribution is -2.36. The van der Waals surface area contributed by atoms with E-state index in [9.17, 15) is 13.6 Å². The van der Waals surface area contributed by atoms with Gasteiger partial charge >= 0.3 is 12.1 Å². The SMILES string of the molecule is CCOC(=O)C(F)(F)Oc1ccc(CC)cc1. The predicted octanol–water partition coefficient (Wildman–Crippen LogP) is 2.78. The van der Waals surface area contributed by atoms with Gasteiger partial charge in [0.25, 0.3) is 0 Å². The summed E-state index contributed by atoms with van der Waals surface area (Å²) in [6.07, 6.45) is -3.15. The monoisotopic (exact) mass is 244 g/mol. The maximum absolute atomic E-state index is 13.2. The van der Waals surface area contributed by atoms with Crippen molar-refractivity contribution < 1.29 is 23.0 Å². The molecule has 0 spiro atoms. The van der Waals surface area contributed by atoms with Crippen molar-refractivity contribution >= 4 is 5.97 Å². The lowest BCUT2D eigenvalue weighted by molar-refractivity contribution is -0.216. The van der Waals surface area contributed by atoms with Crippen LogP contribution in [0.5, 0.6) is 5.75 Å². The van der Waals surface area contributed by atoms with Crippen molar-refractivity contribution in [2.45, 2.75) is 26.4 Å². The van der Waals surface area contributed by atoms with Gasteiger partial charge in [-0.3, -0.25) is 0 Å². The van der Waals surface area contributed by atoms with Crippen molar-refractivity contribution in [2.75, 3.05) is 6.61 Å². The second-order valence-electron chi connectivity index (χ2n) is 3.34. The molecule has 0 atom stereocenters. The van der Waals surface area contributed by atoms with Crippen molar-refractivity contribution in [3.63, 3.8) is 0 Å². The highest BCUT2D eigenvalue weighted by Gasteiger charge is 2.44. The van der Waals surface area contributed by atoms with Gasteiger partial charge in [0, 0.05) is 0 Å². The van der Waals surface area contributed by atoms with Gasteiger partial charge in [-0.2, -0.15) is 8.78 Å². The van der Waals surface area contributed by atoms with E-state index in [1.807, 2.05) is 6.92 Å². The molecule has 0 radical (unpaired) electrons. The maximum Gasteiger partial charge on any atom is 0.502 e. The molecule has 0 saturated heterocycles. The normalized spacial score (nSPS) is 11.1. The number of halogens is 2. The number of ether oxygens (including phenoxy) is 2. The number of alkyl halides is 2. The fourth-order valence-electron chi connectivity index (χ4n) is 1.20. The zero-order valence-electron chi connectivity index (χ0n) is 9.70. The molecule has 0 aliphatic carbocycles. The number of carbonyl (C=O) groups is 1. The summed E-state index contributed by atoms with van der Waals surface area (Å²) in [6, 6.07) is 6.12. The molecule has 1 aromatic rings. The van der Waals surface area contributed by atoms with Gasteiger partial charge in [-0.25, -0.2) is 4.79 Å². The van der Waals surface area contributed by atoms with Crippen molar-refractivity contribution in [3.05, 3.63) is 29.8 Å². The predicted molar refractivity (Wildman–Crippen MR) is 58.0 cm³/mol. The minimum atomic E-state index is -3.95. The second-order valence-corrected chi connectivity index (χ2v) is 3.34. The number of rotatable bonds is 5. The summed E-state index contributed by atoms with van der Waals surface area (Å²) < 4.78 is 34.9. The average Bonchev–Trinajstić information content (AvgIpc) is 2.30. The molecule has 0 bridgehead atoms. The summed E-state index contributed by atoms with van der Waals surface area (Å²) in [6.45, 7) is 3.28. The first-order valence-corrected chi connectivity index (χ1v) is 5.32. The summed E-state index contributed by atoms with van der Waals surface area (Å²) in [5, 5.41) is 0. The highest BCUT2D eigenvalue weighted by Crippen LogP contribution is 2.23. The fraction of sp³-hybridized carbons (Fsp3) is 0.417. The number of hydrogen-bond acceptors (Lipinski definition) is 3. The van der Waals surface area contributed by atoms with Crippen molar-refractivity contribution in [1.29, 1.82) is 0 Å². The molecular formula is C12H14F2O3. The maximum atomic E-state index is 13.2. The van der Waals surface area contributed by atoms with Gasteiger partial charge in [-0.15, -0.1) is 0 Å². The molecule has 94 valence electrons. The molecule has 0 aliphatic rings. The molecule has 0 aromatic heterocycles. The molecule has 0 amide bonds. The molecule has 5 heteroatoms. The quantitative estimate of drug-likeness (QED) is 0.747. The third-order valence-corrected chi connectivity index (χ3v) is 2.09. The van der Waals surface area contributed by atoms with E-state index in [1.165, 1.54) is 19.1 Å². The number of benzene rings is 1. The van der Waals surface area contributed by atoms with Crippen LogP contribution in [0.2, 0.25) is 0 Å². The summed E-state index contributed by atoms with van der Waals surface area (Å²) in [5.74, 6) is -1.75. The highest BCUT2D eigenvalue weighted by atomic mass is 19.3. The van der Waals surface area contributed by atoms with Crippen LogP contribution in [0.15, 0.2) is 24.3 Å². The minimum absolute atomic E-state index is 0.0692. The van der Waals surface area contributed by atoms with E-state index < -0.39 is 12.1 Å². The Bertz CT molecular complexity index is 374. The summed E-state index contributed by atoms with van der Waals surface area (Å²) >= 11 is 0. The summed E-state index contributed by atoms with van der Waals surface area (Å²) in [4.78, 5) is 10.9. The van der Waals surface area contributed by atoms with E-state index in [2.05, 4.69) is 9.47 Å². The number of esters is 1. The van der Waals surface area contributed by atoms with Gasteiger partial charge in [0.15, 0.2) is 0 Å². The molecule has 1 aromatic carbocycles. The van der Waals surface area contributed by atoms with Crippen molar-refractivity contribution in [3.8, 4) is 5.75 Å². The van der Waals surface area contributed by atoms with Crippen LogP contribution in [0, 0.1) is 0 Å². The average molecular weight is 244 g/mol.